The Morgan fingerprint density at radius 2 is 2.00 bits per heavy atom. The summed E-state index contributed by atoms with van der Waals surface area (Å²) in [6.07, 6.45) is 0.309. The van der Waals surface area contributed by atoms with Gasteiger partial charge in [0.2, 0.25) is 5.91 Å². The van der Waals surface area contributed by atoms with Crippen molar-refractivity contribution >= 4 is 11.6 Å². The van der Waals surface area contributed by atoms with Crippen molar-refractivity contribution in [3.05, 3.63) is 17.7 Å². The number of aliphatic hydroxyl groups is 1. The Labute approximate surface area is 98.3 Å². The van der Waals surface area contributed by atoms with Gasteiger partial charge in [0.1, 0.15) is 13.2 Å². The number of ether oxygens (including phenoxy) is 2. The highest BCUT2D eigenvalue weighted by Gasteiger charge is 2.27. The predicted octanol–water partition coefficient (Wildman–Crippen LogP) is 0.876. The van der Waals surface area contributed by atoms with Crippen molar-refractivity contribution in [3.63, 3.8) is 0 Å². The zero-order valence-corrected chi connectivity index (χ0v) is 9.23. The zero-order chi connectivity index (χ0) is 11.8. The van der Waals surface area contributed by atoms with Crippen LogP contribution in [0.3, 0.4) is 0 Å². The highest BCUT2D eigenvalue weighted by atomic mass is 16.6. The van der Waals surface area contributed by atoms with Crippen molar-refractivity contribution in [2.75, 3.05) is 25.1 Å². The maximum atomic E-state index is 11.5. The lowest BCUT2D eigenvalue weighted by Gasteiger charge is -2.27. The monoisotopic (exact) mass is 235 g/mol. The number of aliphatic hydroxyl groups excluding tert-OH is 1. The van der Waals surface area contributed by atoms with Gasteiger partial charge in [-0.3, -0.25) is 4.79 Å². The van der Waals surface area contributed by atoms with Crippen LogP contribution in [0, 0.1) is 0 Å². The summed E-state index contributed by atoms with van der Waals surface area (Å²) in [6.45, 7) is 1.01. The molecule has 1 aromatic rings. The van der Waals surface area contributed by atoms with E-state index < -0.39 is 0 Å². The van der Waals surface area contributed by atoms with Gasteiger partial charge in [-0.25, -0.2) is 0 Å². The third kappa shape index (κ3) is 1.72. The maximum absolute atomic E-state index is 11.5. The van der Waals surface area contributed by atoms with Crippen molar-refractivity contribution < 1.29 is 19.4 Å². The SMILES string of the molecule is O=C1CC(CO)c2cc3c(cc2N1)OCCO3. The van der Waals surface area contributed by atoms with Crippen LogP contribution in [-0.2, 0) is 4.79 Å². The van der Waals surface area contributed by atoms with E-state index in [1.54, 1.807) is 6.07 Å². The number of carbonyl (C=O) groups excluding carboxylic acids is 1. The van der Waals surface area contributed by atoms with Crippen LogP contribution in [-0.4, -0.2) is 30.8 Å². The Morgan fingerprint density at radius 1 is 1.29 bits per heavy atom. The Kier molecular flexibility index (Phi) is 2.40. The fourth-order valence-corrected chi connectivity index (χ4v) is 2.25. The molecule has 2 N–H and O–H groups in total. The van der Waals surface area contributed by atoms with Crippen LogP contribution in [0.15, 0.2) is 12.1 Å². The number of rotatable bonds is 1. The number of carbonyl (C=O) groups is 1. The minimum atomic E-state index is -0.158. The van der Waals surface area contributed by atoms with Crippen LogP contribution in [0.4, 0.5) is 5.69 Å². The van der Waals surface area contributed by atoms with Gasteiger partial charge in [-0.2, -0.15) is 0 Å². The molecule has 1 unspecified atom stereocenters. The molecule has 1 aromatic carbocycles. The van der Waals surface area contributed by atoms with Gasteiger partial charge in [-0.05, 0) is 11.6 Å². The number of anilines is 1. The maximum Gasteiger partial charge on any atom is 0.225 e. The lowest BCUT2D eigenvalue weighted by Crippen LogP contribution is -2.25. The van der Waals surface area contributed by atoms with Gasteiger partial charge in [0, 0.05) is 24.1 Å². The summed E-state index contributed by atoms with van der Waals surface area (Å²) >= 11 is 0. The van der Waals surface area contributed by atoms with E-state index in [-0.39, 0.29) is 18.4 Å². The Bertz CT molecular complexity index is 472. The number of fused-ring (bicyclic) bond motifs is 2. The number of hydrogen-bond donors (Lipinski definition) is 2. The van der Waals surface area contributed by atoms with Crippen LogP contribution in [0.5, 0.6) is 11.5 Å². The summed E-state index contributed by atoms with van der Waals surface area (Å²) in [5.41, 5.74) is 1.63. The molecule has 2 heterocycles. The molecule has 90 valence electrons. The van der Waals surface area contributed by atoms with E-state index in [1.165, 1.54) is 0 Å². The number of benzene rings is 1. The molecule has 0 saturated heterocycles. The van der Waals surface area contributed by atoms with Gasteiger partial charge in [-0.15, -0.1) is 0 Å². The molecule has 0 saturated carbocycles. The van der Waals surface area contributed by atoms with E-state index in [4.69, 9.17) is 9.47 Å². The molecule has 0 aromatic heterocycles. The highest BCUT2D eigenvalue weighted by Crippen LogP contribution is 2.41. The van der Waals surface area contributed by atoms with E-state index in [0.29, 0.717) is 36.8 Å². The van der Waals surface area contributed by atoms with Crippen LogP contribution in [0.25, 0.3) is 0 Å². The third-order valence-corrected chi connectivity index (χ3v) is 3.08. The second kappa shape index (κ2) is 3.92. The first-order valence-electron chi connectivity index (χ1n) is 5.62. The summed E-state index contributed by atoms with van der Waals surface area (Å²) in [4.78, 5) is 11.5. The minimum Gasteiger partial charge on any atom is -0.486 e. The summed E-state index contributed by atoms with van der Waals surface area (Å²) in [7, 11) is 0. The number of hydrogen-bond acceptors (Lipinski definition) is 4. The van der Waals surface area contributed by atoms with E-state index in [9.17, 15) is 9.90 Å². The summed E-state index contributed by atoms with van der Waals surface area (Å²) in [5.74, 6) is 1.10. The third-order valence-electron chi connectivity index (χ3n) is 3.08. The van der Waals surface area contributed by atoms with Crippen LogP contribution in [0.1, 0.15) is 17.9 Å². The first-order valence-corrected chi connectivity index (χ1v) is 5.62. The second-order valence-corrected chi connectivity index (χ2v) is 4.21. The average molecular weight is 235 g/mol. The molecule has 0 aliphatic carbocycles. The van der Waals surface area contributed by atoms with Gasteiger partial charge in [0.25, 0.3) is 0 Å². The van der Waals surface area contributed by atoms with Crippen molar-refractivity contribution in [2.45, 2.75) is 12.3 Å². The van der Waals surface area contributed by atoms with Gasteiger partial charge < -0.3 is 19.9 Å². The molecule has 2 aliphatic heterocycles. The van der Waals surface area contributed by atoms with Crippen molar-refractivity contribution in [1.29, 1.82) is 0 Å². The number of nitrogens with one attached hydrogen (secondary N) is 1. The first-order chi connectivity index (χ1) is 8.28. The van der Waals surface area contributed by atoms with Crippen molar-refractivity contribution in [1.82, 2.24) is 0 Å². The number of amides is 1. The van der Waals surface area contributed by atoms with Crippen molar-refractivity contribution in [3.8, 4) is 11.5 Å². The van der Waals surface area contributed by atoms with Crippen LogP contribution in [0.2, 0.25) is 0 Å². The smallest absolute Gasteiger partial charge is 0.225 e. The largest absolute Gasteiger partial charge is 0.486 e. The fraction of sp³-hybridized carbons (Fsp3) is 0.417. The van der Waals surface area contributed by atoms with Gasteiger partial charge in [-0.1, -0.05) is 0 Å². The standard InChI is InChI=1S/C12H13NO4/c14-6-7-3-12(15)13-9-5-11-10(4-8(7)9)16-1-2-17-11/h4-5,7,14H,1-3,6H2,(H,13,15). The van der Waals surface area contributed by atoms with Crippen LogP contribution >= 0.6 is 0 Å². The van der Waals surface area contributed by atoms with E-state index >= 15 is 0 Å². The second-order valence-electron chi connectivity index (χ2n) is 4.21. The van der Waals surface area contributed by atoms with Gasteiger partial charge in [0.05, 0.1) is 6.61 Å². The zero-order valence-electron chi connectivity index (χ0n) is 9.23. The lowest BCUT2D eigenvalue weighted by atomic mass is 9.91. The van der Waals surface area contributed by atoms with E-state index in [1.807, 2.05) is 6.07 Å². The minimum absolute atomic E-state index is 0.0416. The lowest BCUT2D eigenvalue weighted by molar-refractivity contribution is -0.117. The van der Waals surface area contributed by atoms with Gasteiger partial charge in [0.15, 0.2) is 11.5 Å². The summed E-state index contributed by atoms with van der Waals surface area (Å²) < 4.78 is 10.9. The molecule has 1 amide bonds. The molecular weight excluding hydrogens is 222 g/mol. The van der Waals surface area contributed by atoms with Crippen LogP contribution < -0.4 is 14.8 Å². The van der Waals surface area contributed by atoms with Gasteiger partial charge >= 0.3 is 0 Å². The fourth-order valence-electron chi connectivity index (χ4n) is 2.25. The first kappa shape index (κ1) is 10.4. The highest BCUT2D eigenvalue weighted by molar-refractivity contribution is 5.95. The Hall–Kier alpha value is -1.75. The van der Waals surface area contributed by atoms with E-state index in [0.717, 1.165) is 5.56 Å². The molecule has 1 atom stereocenters. The molecule has 2 aliphatic rings. The van der Waals surface area contributed by atoms with E-state index in [2.05, 4.69) is 5.32 Å². The molecule has 5 nitrogen and oxygen atoms in total. The Morgan fingerprint density at radius 3 is 2.71 bits per heavy atom. The summed E-state index contributed by atoms with van der Waals surface area (Å²) in [6, 6.07) is 3.62. The quantitative estimate of drug-likeness (QED) is 0.758. The topological polar surface area (TPSA) is 67.8 Å². The van der Waals surface area contributed by atoms with Crippen molar-refractivity contribution in [2.24, 2.45) is 0 Å². The predicted molar refractivity (Wildman–Crippen MR) is 60.5 cm³/mol. The molecular formula is C12H13NO4. The molecule has 17 heavy (non-hydrogen) atoms. The summed E-state index contributed by atoms with van der Waals surface area (Å²) in [5, 5.41) is 12.1. The Balaban J connectivity index is 2.07. The molecule has 0 bridgehead atoms. The molecule has 0 radical (unpaired) electrons. The molecule has 3 rings (SSSR count). The molecule has 0 fully saturated rings. The molecule has 5 heteroatoms. The normalized spacial score (nSPS) is 21.7. The molecule has 0 spiro atoms. The average Bonchev–Trinajstić information content (AvgIpc) is 2.35.